The van der Waals surface area contributed by atoms with Gasteiger partial charge in [0.2, 0.25) is 0 Å². The molecule has 1 saturated carbocycles. The van der Waals surface area contributed by atoms with Crippen molar-refractivity contribution >= 4 is 5.78 Å². The zero-order valence-corrected chi connectivity index (χ0v) is 8.99. The van der Waals surface area contributed by atoms with Gasteiger partial charge in [0.15, 0.2) is 0 Å². The molecule has 0 bridgehead atoms. The van der Waals surface area contributed by atoms with E-state index in [2.05, 4.69) is 0 Å². The van der Waals surface area contributed by atoms with Gasteiger partial charge in [-0.2, -0.15) is 0 Å². The first-order chi connectivity index (χ1) is 7.15. The van der Waals surface area contributed by atoms with E-state index >= 15 is 0 Å². The van der Waals surface area contributed by atoms with Crippen molar-refractivity contribution in [3.8, 4) is 5.75 Å². The maximum absolute atomic E-state index is 11.8. The Labute approximate surface area is 89.9 Å². The zero-order valence-electron chi connectivity index (χ0n) is 8.99. The van der Waals surface area contributed by atoms with Crippen LogP contribution in [0.25, 0.3) is 0 Å². The van der Waals surface area contributed by atoms with E-state index in [9.17, 15) is 9.90 Å². The lowest BCUT2D eigenvalue weighted by molar-refractivity contribution is -0.122. The van der Waals surface area contributed by atoms with E-state index in [0.29, 0.717) is 0 Å². The molecule has 2 rings (SSSR count). The van der Waals surface area contributed by atoms with Crippen molar-refractivity contribution in [2.24, 2.45) is 0 Å². The number of benzene rings is 1. The highest BCUT2D eigenvalue weighted by molar-refractivity contribution is 5.88. The minimum Gasteiger partial charge on any atom is -0.508 e. The van der Waals surface area contributed by atoms with Crippen LogP contribution in [0, 0.1) is 0 Å². The molecule has 0 unspecified atom stereocenters. The summed E-state index contributed by atoms with van der Waals surface area (Å²) in [6.07, 6.45) is 4.06. The third-order valence-corrected chi connectivity index (χ3v) is 3.53. The van der Waals surface area contributed by atoms with E-state index in [1.54, 1.807) is 19.1 Å². The summed E-state index contributed by atoms with van der Waals surface area (Å²) in [5.74, 6) is 0.477. The normalized spacial score (nSPS) is 19.0. The van der Waals surface area contributed by atoms with Gasteiger partial charge >= 0.3 is 0 Å². The quantitative estimate of drug-likeness (QED) is 0.804. The molecule has 15 heavy (non-hydrogen) atoms. The van der Waals surface area contributed by atoms with Crippen molar-refractivity contribution in [3.05, 3.63) is 29.8 Å². The van der Waals surface area contributed by atoms with Gasteiger partial charge in [-0.15, -0.1) is 0 Å². The number of carbonyl (C=O) groups is 1. The number of carbonyl (C=O) groups excluding carboxylic acids is 1. The monoisotopic (exact) mass is 204 g/mol. The Bertz CT molecular complexity index is 376. The first kappa shape index (κ1) is 10.2. The van der Waals surface area contributed by atoms with Crippen LogP contribution in [0.5, 0.6) is 5.75 Å². The highest BCUT2D eigenvalue weighted by Gasteiger charge is 2.39. The standard InChI is InChI=1S/C13H16O2/c1-10(14)13(7-2-3-8-13)11-5-4-6-12(15)9-11/h4-6,9,15H,2-3,7-8H2,1H3. The second-order valence-electron chi connectivity index (χ2n) is 4.40. The number of hydrogen-bond donors (Lipinski definition) is 1. The molecule has 2 nitrogen and oxygen atoms in total. The van der Waals surface area contributed by atoms with Gasteiger partial charge in [-0.25, -0.2) is 0 Å². The lowest BCUT2D eigenvalue weighted by Gasteiger charge is -2.26. The second kappa shape index (κ2) is 3.69. The molecule has 0 heterocycles. The van der Waals surface area contributed by atoms with Crippen molar-refractivity contribution < 1.29 is 9.90 Å². The van der Waals surface area contributed by atoms with E-state index in [-0.39, 0.29) is 16.9 Å². The SMILES string of the molecule is CC(=O)C1(c2cccc(O)c2)CCCC1. The van der Waals surface area contributed by atoms with E-state index in [4.69, 9.17) is 0 Å². The van der Waals surface area contributed by atoms with Gasteiger partial charge < -0.3 is 5.11 Å². The fourth-order valence-corrected chi connectivity index (χ4v) is 2.63. The minimum absolute atomic E-state index is 0.227. The highest BCUT2D eigenvalue weighted by atomic mass is 16.3. The topological polar surface area (TPSA) is 37.3 Å². The summed E-state index contributed by atoms with van der Waals surface area (Å²) >= 11 is 0. The molecule has 0 amide bonds. The third kappa shape index (κ3) is 1.65. The molecule has 0 aliphatic heterocycles. The van der Waals surface area contributed by atoms with Crippen LogP contribution >= 0.6 is 0 Å². The van der Waals surface area contributed by atoms with Crippen LogP contribution in [0.15, 0.2) is 24.3 Å². The van der Waals surface area contributed by atoms with E-state index in [0.717, 1.165) is 31.2 Å². The number of phenols is 1. The van der Waals surface area contributed by atoms with Gasteiger partial charge in [-0.1, -0.05) is 25.0 Å². The second-order valence-corrected chi connectivity index (χ2v) is 4.40. The molecule has 0 saturated heterocycles. The van der Waals surface area contributed by atoms with Crippen molar-refractivity contribution in [1.29, 1.82) is 0 Å². The summed E-state index contributed by atoms with van der Waals surface area (Å²) in [6.45, 7) is 1.66. The Balaban J connectivity index is 2.45. The smallest absolute Gasteiger partial charge is 0.140 e. The van der Waals surface area contributed by atoms with E-state index in [1.165, 1.54) is 0 Å². The molecule has 0 spiro atoms. The Morgan fingerprint density at radius 2 is 2.00 bits per heavy atom. The molecule has 1 aliphatic rings. The third-order valence-electron chi connectivity index (χ3n) is 3.53. The average molecular weight is 204 g/mol. The molecule has 1 fully saturated rings. The Morgan fingerprint density at radius 1 is 1.33 bits per heavy atom. The fourth-order valence-electron chi connectivity index (χ4n) is 2.63. The van der Waals surface area contributed by atoms with Gasteiger partial charge in [0.25, 0.3) is 0 Å². The number of Topliss-reactive ketones (excluding diaryl/α,β-unsaturated/α-hetero) is 1. The van der Waals surface area contributed by atoms with Crippen molar-refractivity contribution in [2.45, 2.75) is 38.0 Å². The summed E-state index contributed by atoms with van der Waals surface area (Å²) < 4.78 is 0. The summed E-state index contributed by atoms with van der Waals surface area (Å²) in [7, 11) is 0. The molecule has 2 heteroatoms. The highest BCUT2D eigenvalue weighted by Crippen LogP contribution is 2.42. The predicted molar refractivity (Wildman–Crippen MR) is 58.9 cm³/mol. The zero-order chi connectivity index (χ0) is 10.9. The number of hydrogen-bond acceptors (Lipinski definition) is 2. The molecule has 0 radical (unpaired) electrons. The Morgan fingerprint density at radius 3 is 2.53 bits per heavy atom. The molecule has 1 aromatic carbocycles. The van der Waals surface area contributed by atoms with Gasteiger partial charge in [0.1, 0.15) is 11.5 Å². The lowest BCUT2D eigenvalue weighted by Crippen LogP contribution is -2.30. The van der Waals surface area contributed by atoms with Crippen LogP contribution in [0.3, 0.4) is 0 Å². The number of aromatic hydroxyl groups is 1. The summed E-state index contributed by atoms with van der Waals surface area (Å²) in [6, 6.07) is 7.14. The first-order valence-corrected chi connectivity index (χ1v) is 5.46. The molecule has 80 valence electrons. The van der Waals surface area contributed by atoms with Gasteiger partial charge in [-0.05, 0) is 37.5 Å². The maximum Gasteiger partial charge on any atom is 0.140 e. The molecular weight excluding hydrogens is 188 g/mol. The van der Waals surface area contributed by atoms with Crippen LogP contribution in [0.4, 0.5) is 0 Å². The largest absolute Gasteiger partial charge is 0.508 e. The maximum atomic E-state index is 11.8. The first-order valence-electron chi connectivity index (χ1n) is 5.46. The fraction of sp³-hybridized carbons (Fsp3) is 0.462. The van der Waals surface area contributed by atoms with Crippen LogP contribution in [0.2, 0.25) is 0 Å². The molecule has 0 atom stereocenters. The van der Waals surface area contributed by atoms with E-state index in [1.807, 2.05) is 12.1 Å². The van der Waals surface area contributed by atoms with Crippen LogP contribution in [0.1, 0.15) is 38.2 Å². The van der Waals surface area contributed by atoms with E-state index < -0.39 is 0 Å². The Kier molecular flexibility index (Phi) is 2.51. The van der Waals surface area contributed by atoms with Crippen molar-refractivity contribution in [3.63, 3.8) is 0 Å². The summed E-state index contributed by atoms with van der Waals surface area (Å²) in [4.78, 5) is 11.8. The van der Waals surface area contributed by atoms with Crippen LogP contribution < -0.4 is 0 Å². The lowest BCUT2D eigenvalue weighted by atomic mass is 9.76. The predicted octanol–water partition coefficient (Wildman–Crippen LogP) is 2.79. The molecular formula is C13H16O2. The number of phenolic OH excluding ortho intramolecular Hbond substituents is 1. The minimum atomic E-state index is -0.321. The molecule has 1 aliphatic carbocycles. The van der Waals surface area contributed by atoms with Crippen molar-refractivity contribution in [1.82, 2.24) is 0 Å². The molecule has 1 N–H and O–H groups in total. The van der Waals surface area contributed by atoms with Gasteiger partial charge in [0, 0.05) is 0 Å². The van der Waals surface area contributed by atoms with Gasteiger partial charge in [0.05, 0.1) is 5.41 Å². The van der Waals surface area contributed by atoms with Crippen LogP contribution in [-0.4, -0.2) is 10.9 Å². The van der Waals surface area contributed by atoms with Crippen LogP contribution in [-0.2, 0) is 10.2 Å². The molecule has 0 aromatic heterocycles. The Hall–Kier alpha value is -1.31. The summed E-state index contributed by atoms with van der Waals surface area (Å²) in [5, 5.41) is 9.46. The summed E-state index contributed by atoms with van der Waals surface area (Å²) in [5.41, 5.74) is 0.658. The number of ketones is 1. The molecule has 1 aromatic rings. The van der Waals surface area contributed by atoms with Crippen molar-refractivity contribution in [2.75, 3.05) is 0 Å². The van der Waals surface area contributed by atoms with Gasteiger partial charge in [-0.3, -0.25) is 4.79 Å². The average Bonchev–Trinajstić information content (AvgIpc) is 2.67. The number of rotatable bonds is 2.